The van der Waals surface area contributed by atoms with E-state index in [1.807, 2.05) is 48.9 Å². The fourth-order valence-electron chi connectivity index (χ4n) is 2.77. The predicted molar refractivity (Wildman–Crippen MR) is 99.0 cm³/mol. The van der Waals surface area contributed by atoms with E-state index in [1.165, 1.54) is 4.52 Å². The van der Waals surface area contributed by atoms with E-state index >= 15 is 0 Å². The minimum atomic E-state index is -0.389. The van der Waals surface area contributed by atoms with Gasteiger partial charge in [0.1, 0.15) is 5.02 Å². The zero-order valence-electron chi connectivity index (χ0n) is 14.1. The zero-order chi connectivity index (χ0) is 18.3. The summed E-state index contributed by atoms with van der Waals surface area (Å²) in [5.41, 5.74) is 4.13. The van der Waals surface area contributed by atoms with Crippen LogP contribution in [0, 0.1) is 13.8 Å². The van der Waals surface area contributed by atoms with Crippen molar-refractivity contribution in [3.63, 3.8) is 0 Å². The summed E-state index contributed by atoms with van der Waals surface area (Å²) in [6, 6.07) is 11.1. The number of amides is 1. The second kappa shape index (κ2) is 6.27. The SMILES string of the molecule is Cc1cc(C)n(-c2ccc(NC(=O)c3nn4cccnc4c3Cl)cc2)n1. The maximum absolute atomic E-state index is 12.5. The lowest BCUT2D eigenvalue weighted by Gasteiger charge is -2.07. The molecule has 0 radical (unpaired) electrons. The molecule has 0 saturated carbocycles. The van der Waals surface area contributed by atoms with Crippen LogP contribution in [-0.4, -0.2) is 30.3 Å². The van der Waals surface area contributed by atoms with Crippen LogP contribution < -0.4 is 5.32 Å². The predicted octanol–water partition coefficient (Wildman–Crippen LogP) is 3.44. The van der Waals surface area contributed by atoms with Gasteiger partial charge in [-0.05, 0) is 50.2 Å². The Balaban J connectivity index is 1.58. The molecule has 0 atom stereocenters. The fourth-order valence-corrected chi connectivity index (χ4v) is 3.03. The third-order valence-electron chi connectivity index (χ3n) is 3.93. The summed E-state index contributed by atoms with van der Waals surface area (Å²) in [6.45, 7) is 3.95. The van der Waals surface area contributed by atoms with E-state index in [9.17, 15) is 4.79 Å². The van der Waals surface area contributed by atoms with Gasteiger partial charge < -0.3 is 5.32 Å². The molecule has 1 N–H and O–H groups in total. The van der Waals surface area contributed by atoms with Gasteiger partial charge in [-0.25, -0.2) is 14.2 Å². The van der Waals surface area contributed by atoms with Crippen molar-refractivity contribution in [3.05, 3.63) is 70.9 Å². The molecule has 0 fully saturated rings. The van der Waals surface area contributed by atoms with Gasteiger partial charge in [0.2, 0.25) is 0 Å². The molecule has 26 heavy (non-hydrogen) atoms. The van der Waals surface area contributed by atoms with Crippen LogP contribution in [0.15, 0.2) is 48.8 Å². The van der Waals surface area contributed by atoms with E-state index in [0.29, 0.717) is 11.3 Å². The van der Waals surface area contributed by atoms with Gasteiger partial charge in [0.25, 0.3) is 5.91 Å². The highest BCUT2D eigenvalue weighted by Crippen LogP contribution is 2.21. The molecule has 0 aliphatic heterocycles. The van der Waals surface area contributed by atoms with Crippen LogP contribution in [0.5, 0.6) is 0 Å². The summed E-state index contributed by atoms with van der Waals surface area (Å²) < 4.78 is 3.33. The van der Waals surface area contributed by atoms with Crippen molar-refractivity contribution in [1.29, 1.82) is 0 Å². The Labute approximate surface area is 154 Å². The molecule has 7 nitrogen and oxygen atoms in total. The van der Waals surface area contributed by atoms with Crippen LogP contribution in [0.3, 0.4) is 0 Å². The van der Waals surface area contributed by atoms with Crippen molar-refractivity contribution >= 4 is 28.8 Å². The van der Waals surface area contributed by atoms with Gasteiger partial charge in [0, 0.05) is 23.8 Å². The number of halogens is 1. The molecular weight excluding hydrogens is 352 g/mol. The lowest BCUT2D eigenvalue weighted by molar-refractivity contribution is 0.102. The Morgan fingerprint density at radius 1 is 1.15 bits per heavy atom. The maximum Gasteiger partial charge on any atom is 0.277 e. The third-order valence-corrected chi connectivity index (χ3v) is 4.28. The highest BCUT2D eigenvalue weighted by molar-refractivity contribution is 6.37. The molecule has 1 amide bonds. The molecule has 0 spiro atoms. The first kappa shape index (κ1) is 16.3. The van der Waals surface area contributed by atoms with Gasteiger partial charge >= 0.3 is 0 Å². The van der Waals surface area contributed by atoms with Gasteiger partial charge in [-0.3, -0.25) is 4.79 Å². The average molecular weight is 367 g/mol. The van der Waals surface area contributed by atoms with Crippen LogP contribution in [-0.2, 0) is 0 Å². The van der Waals surface area contributed by atoms with Crippen molar-refractivity contribution < 1.29 is 4.79 Å². The number of benzene rings is 1. The van der Waals surface area contributed by atoms with Crippen LogP contribution in [0.4, 0.5) is 5.69 Å². The zero-order valence-corrected chi connectivity index (χ0v) is 14.9. The third kappa shape index (κ3) is 2.82. The minimum absolute atomic E-state index is 0.132. The number of anilines is 1. The Bertz CT molecular complexity index is 1110. The first-order valence-electron chi connectivity index (χ1n) is 7.97. The number of rotatable bonds is 3. The van der Waals surface area contributed by atoms with Crippen LogP contribution in [0.2, 0.25) is 5.02 Å². The summed E-state index contributed by atoms with van der Waals surface area (Å²) in [5, 5.41) is 11.7. The second-order valence-electron chi connectivity index (χ2n) is 5.89. The van der Waals surface area contributed by atoms with Crippen molar-refractivity contribution in [3.8, 4) is 5.69 Å². The van der Waals surface area contributed by atoms with Crippen molar-refractivity contribution in [2.24, 2.45) is 0 Å². The number of aromatic nitrogens is 5. The second-order valence-corrected chi connectivity index (χ2v) is 6.27. The summed E-state index contributed by atoms with van der Waals surface area (Å²) in [5.74, 6) is -0.389. The highest BCUT2D eigenvalue weighted by atomic mass is 35.5. The lowest BCUT2D eigenvalue weighted by Crippen LogP contribution is -2.13. The number of nitrogens with one attached hydrogen (secondary N) is 1. The summed E-state index contributed by atoms with van der Waals surface area (Å²) in [7, 11) is 0. The van der Waals surface area contributed by atoms with E-state index in [0.717, 1.165) is 17.1 Å². The largest absolute Gasteiger partial charge is 0.321 e. The average Bonchev–Trinajstić information content (AvgIpc) is 3.15. The number of carbonyl (C=O) groups excluding carboxylic acids is 1. The Hall–Kier alpha value is -3.19. The van der Waals surface area contributed by atoms with Gasteiger partial charge in [-0.2, -0.15) is 10.2 Å². The lowest BCUT2D eigenvalue weighted by atomic mass is 10.2. The highest BCUT2D eigenvalue weighted by Gasteiger charge is 2.18. The molecule has 0 aliphatic carbocycles. The van der Waals surface area contributed by atoms with E-state index < -0.39 is 0 Å². The quantitative estimate of drug-likeness (QED) is 0.602. The summed E-state index contributed by atoms with van der Waals surface area (Å²) in [6.07, 6.45) is 3.29. The molecule has 8 heteroatoms. The molecule has 0 bridgehead atoms. The van der Waals surface area contributed by atoms with Crippen LogP contribution in [0.25, 0.3) is 11.3 Å². The Kier molecular flexibility index (Phi) is 3.93. The number of hydrogen-bond acceptors (Lipinski definition) is 4. The smallest absolute Gasteiger partial charge is 0.277 e. The van der Waals surface area contributed by atoms with Gasteiger partial charge in [0.05, 0.1) is 11.4 Å². The van der Waals surface area contributed by atoms with Gasteiger partial charge in [0.15, 0.2) is 11.3 Å². The minimum Gasteiger partial charge on any atom is -0.321 e. The first-order valence-corrected chi connectivity index (χ1v) is 8.34. The molecule has 3 heterocycles. The van der Waals surface area contributed by atoms with E-state index in [2.05, 4.69) is 20.5 Å². The number of hydrogen-bond donors (Lipinski definition) is 1. The van der Waals surface area contributed by atoms with E-state index in [4.69, 9.17) is 11.6 Å². The number of aryl methyl sites for hydroxylation is 2. The van der Waals surface area contributed by atoms with Gasteiger partial charge in [-0.1, -0.05) is 11.6 Å². The summed E-state index contributed by atoms with van der Waals surface area (Å²) in [4.78, 5) is 16.6. The first-order chi connectivity index (χ1) is 12.5. The van der Waals surface area contributed by atoms with Crippen LogP contribution in [0.1, 0.15) is 21.9 Å². The van der Waals surface area contributed by atoms with Gasteiger partial charge in [-0.15, -0.1) is 0 Å². The summed E-state index contributed by atoms with van der Waals surface area (Å²) >= 11 is 6.22. The number of fused-ring (bicyclic) bond motifs is 1. The maximum atomic E-state index is 12.5. The molecular formula is C18H15ClN6O. The van der Waals surface area contributed by atoms with Crippen molar-refractivity contribution in [1.82, 2.24) is 24.4 Å². The molecule has 0 aliphatic rings. The molecule has 0 saturated heterocycles. The topological polar surface area (TPSA) is 77.1 Å². The van der Waals surface area contributed by atoms with E-state index in [-0.39, 0.29) is 16.6 Å². The van der Waals surface area contributed by atoms with Crippen molar-refractivity contribution in [2.45, 2.75) is 13.8 Å². The normalized spacial score (nSPS) is 11.0. The molecule has 130 valence electrons. The molecule has 0 unspecified atom stereocenters. The van der Waals surface area contributed by atoms with Crippen LogP contribution >= 0.6 is 11.6 Å². The van der Waals surface area contributed by atoms with Crippen molar-refractivity contribution in [2.75, 3.05) is 5.32 Å². The standard InChI is InChI=1S/C18H15ClN6O/c1-11-10-12(2)25(22-11)14-6-4-13(5-7-14)21-18(26)16-15(19)17-20-8-3-9-24(17)23-16/h3-10H,1-2H3,(H,21,26). The molecule has 4 aromatic rings. The fraction of sp³-hybridized carbons (Fsp3) is 0.111. The molecule has 1 aromatic carbocycles. The number of carbonyl (C=O) groups is 1. The molecule has 3 aromatic heterocycles. The van der Waals surface area contributed by atoms with E-state index in [1.54, 1.807) is 18.5 Å². The Morgan fingerprint density at radius 3 is 2.58 bits per heavy atom. The molecule has 4 rings (SSSR count). The number of nitrogens with zero attached hydrogens (tertiary/aromatic N) is 5. The Morgan fingerprint density at radius 2 is 1.92 bits per heavy atom. The monoisotopic (exact) mass is 366 g/mol.